The fourth-order valence-electron chi connectivity index (χ4n) is 1.14. The Morgan fingerprint density at radius 3 is 2.61 bits per heavy atom. The zero-order valence-corrected chi connectivity index (χ0v) is 9.75. The van der Waals surface area contributed by atoms with Crippen LogP contribution in [0.25, 0.3) is 0 Å². The molecular formula is C12H12N2O4. The fourth-order valence-corrected chi connectivity index (χ4v) is 1.14. The maximum absolute atomic E-state index is 11.3. The highest BCUT2D eigenvalue weighted by Gasteiger charge is 2.21. The number of nitriles is 1. The molecular weight excluding hydrogens is 236 g/mol. The van der Waals surface area contributed by atoms with E-state index in [4.69, 9.17) is 10.00 Å². The van der Waals surface area contributed by atoms with Crippen molar-refractivity contribution in [2.45, 2.75) is 12.6 Å². The molecule has 1 N–H and O–H groups in total. The third-order valence-electron chi connectivity index (χ3n) is 2.04. The van der Waals surface area contributed by atoms with Crippen molar-refractivity contribution in [2.24, 2.45) is 0 Å². The average Bonchev–Trinajstić information content (AvgIpc) is 2.42. The molecule has 1 aromatic carbocycles. The summed E-state index contributed by atoms with van der Waals surface area (Å²) in [6.45, 7) is 0.0615. The van der Waals surface area contributed by atoms with Crippen molar-refractivity contribution in [1.29, 1.82) is 5.26 Å². The van der Waals surface area contributed by atoms with Crippen LogP contribution in [0.5, 0.6) is 0 Å². The third kappa shape index (κ3) is 4.14. The van der Waals surface area contributed by atoms with Gasteiger partial charge in [-0.1, -0.05) is 30.3 Å². The van der Waals surface area contributed by atoms with Crippen LogP contribution in [0.1, 0.15) is 5.56 Å². The summed E-state index contributed by atoms with van der Waals surface area (Å²) in [6, 6.07) is 9.26. The minimum atomic E-state index is -1.36. The Morgan fingerprint density at radius 2 is 2.06 bits per heavy atom. The van der Waals surface area contributed by atoms with E-state index < -0.39 is 18.1 Å². The lowest BCUT2D eigenvalue weighted by Crippen LogP contribution is -2.40. The lowest BCUT2D eigenvalue weighted by atomic mass is 10.2. The van der Waals surface area contributed by atoms with E-state index in [1.54, 1.807) is 18.2 Å². The van der Waals surface area contributed by atoms with Crippen molar-refractivity contribution in [2.75, 3.05) is 7.11 Å². The quantitative estimate of drug-likeness (QED) is 0.802. The molecule has 0 saturated carbocycles. The van der Waals surface area contributed by atoms with Crippen molar-refractivity contribution >= 4 is 12.1 Å². The smallest absolute Gasteiger partial charge is 0.408 e. The predicted octanol–water partition coefficient (Wildman–Crippen LogP) is 0.978. The summed E-state index contributed by atoms with van der Waals surface area (Å²) >= 11 is 0. The number of alkyl carbamates (subject to hydrolysis) is 1. The standard InChI is InChI=1S/C12H12N2O4/c1-17-11(15)10(7-13)14-12(16)18-8-9-5-3-2-4-6-9/h2-6,10H,8H2,1H3,(H,14,16). The first-order valence-corrected chi connectivity index (χ1v) is 5.12. The topological polar surface area (TPSA) is 88.4 Å². The van der Waals surface area contributed by atoms with E-state index in [1.807, 2.05) is 18.2 Å². The summed E-state index contributed by atoms with van der Waals surface area (Å²) in [4.78, 5) is 22.4. The monoisotopic (exact) mass is 248 g/mol. The largest absolute Gasteiger partial charge is 0.467 e. The number of benzene rings is 1. The highest BCUT2D eigenvalue weighted by Crippen LogP contribution is 2.00. The van der Waals surface area contributed by atoms with E-state index in [2.05, 4.69) is 10.1 Å². The van der Waals surface area contributed by atoms with E-state index in [0.29, 0.717) is 0 Å². The molecule has 18 heavy (non-hydrogen) atoms. The molecule has 0 aliphatic carbocycles. The number of nitrogens with one attached hydrogen (secondary N) is 1. The predicted molar refractivity (Wildman–Crippen MR) is 61.2 cm³/mol. The Morgan fingerprint density at radius 1 is 1.39 bits per heavy atom. The number of hydrogen-bond donors (Lipinski definition) is 1. The number of amides is 1. The minimum absolute atomic E-state index is 0.0615. The van der Waals surface area contributed by atoms with E-state index in [1.165, 1.54) is 0 Å². The molecule has 1 rings (SSSR count). The molecule has 1 unspecified atom stereocenters. The van der Waals surface area contributed by atoms with Crippen molar-refractivity contribution in [1.82, 2.24) is 5.32 Å². The number of rotatable bonds is 4. The van der Waals surface area contributed by atoms with Crippen molar-refractivity contribution in [3.05, 3.63) is 35.9 Å². The van der Waals surface area contributed by atoms with Crippen LogP contribution in [0, 0.1) is 11.3 Å². The molecule has 6 nitrogen and oxygen atoms in total. The number of carbonyl (C=O) groups excluding carboxylic acids is 2. The zero-order valence-electron chi connectivity index (χ0n) is 9.75. The number of carbonyl (C=O) groups is 2. The summed E-state index contributed by atoms with van der Waals surface area (Å²) in [5.41, 5.74) is 0.805. The zero-order chi connectivity index (χ0) is 13.4. The number of nitrogens with zero attached hydrogens (tertiary/aromatic N) is 1. The molecule has 0 bridgehead atoms. The van der Waals surface area contributed by atoms with Gasteiger partial charge in [-0.15, -0.1) is 0 Å². The molecule has 0 aliphatic heterocycles. The van der Waals surface area contributed by atoms with E-state index in [9.17, 15) is 9.59 Å². The van der Waals surface area contributed by atoms with Gasteiger partial charge in [-0.05, 0) is 5.56 Å². The van der Waals surface area contributed by atoms with Crippen molar-refractivity contribution < 1.29 is 19.1 Å². The van der Waals surface area contributed by atoms with Gasteiger partial charge in [-0.3, -0.25) is 5.32 Å². The van der Waals surface area contributed by atoms with Gasteiger partial charge in [0, 0.05) is 0 Å². The summed E-state index contributed by atoms with van der Waals surface area (Å²) in [7, 11) is 1.13. The minimum Gasteiger partial charge on any atom is -0.467 e. The first kappa shape index (κ1) is 13.5. The second kappa shape index (κ2) is 6.91. The Labute approximate surface area is 104 Å². The molecule has 0 radical (unpaired) electrons. The number of hydrogen-bond acceptors (Lipinski definition) is 5. The Bertz CT molecular complexity index is 453. The first-order chi connectivity index (χ1) is 8.67. The SMILES string of the molecule is COC(=O)C(C#N)NC(=O)OCc1ccccc1. The van der Waals surface area contributed by atoms with Gasteiger partial charge in [0.2, 0.25) is 6.04 Å². The second-order valence-electron chi connectivity index (χ2n) is 3.29. The summed E-state index contributed by atoms with van der Waals surface area (Å²) in [5.74, 6) is -0.839. The van der Waals surface area contributed by atoms with Gasteiger partial charge in [-0.2, -0.15) is 5.26 Å². The van der Waals surface area contributed by atoms with Crippen LogP contribution in [-0.2, 0) is 20.9 Å². The lowest BCUT2D eigenvalue weighted by molar-refractivity contribution is -0.141. The molecule has 1 aromatic rings. The van der Waals surface area contributed by atoms with Gasteiger partial charge in [0.15, 0.2) is 0 Å². The normalized spacial score (nSPS) is 10.9. The van der Waals surface area contributed by atoms with Gasteiger partial charge in [0.1, 0.15) is 6.61 Å². The van der Waals surface area contributed by atoms with Crippen LogP contribution >= 0.6 is 0 Å². The highest BCUT2D eigenvalue weighted by atomic mass is 16.6. The van der Waals surface area contributed by atoms with Crippen LogP contribution in [0.2, 0.25) is 0 Å². The summed E-state index contributed by atoms with van der Waals surface area (Å²) in [5, 5.41) is 10.7. The molecule has 6 heteroatoms. The van der Waals surface area contributed by atoms with E-state index in [0.717, 1.165) is 12.7 Å². The lowest BCUT2D eigenvalue weighted by Gasteiger charge is -2.09. The molecule has 1 atom stereocenters. The summed E-state index contributed by atoms with van der Waals surface area (Å²) in [6.07, 6.45) is -0.851. The molecule has 0 aliphatic rings. The number of ether oxygens (including phenoxy) is 2. The Kier molecular flexibility index (Phi) is 5.19. The van der Waals surface area contributed by atoms with Gasteiger partial charge < -0.3 is 9.47 Å². The van der Waals surface area contributed by atoms with E-state index in [-0.39, 0.29) is 6.61 Å². The molecule has 1 amide bonds. The molecule has 0 saturated heterocycles. The van der Waals surface area contributed by atoms with Crippen LogP contribution < -0.4 is 5.32 Å². The maximum Gasteiger partial charge on any atom is 0.408 e. The van der Waals surface area contributed by atoms with Crippen molar-refractivity contribution in [3.63, 3.8) is 0 Å². The van der Waals surface area contributed by atoms with Crippen LogP contribution in [0.3, 0.4) is 0 Å². The van der Waals surface area contributed by atoms with Crippen molar-refractivity contribution in [3.8, 4) is 6.07 Å². The summed E-state index contributed by atoms with van der Waals surface area (Å²) < 4.78 is 9.18. The van der Waals surface area contributed by atoms with Gasteiger partial charge in [-0.25, -0.2) is 9.59 Å². The average molecular weight is 248 g/mol. The highest BCUT2D eigenvalue weighted by molar-refractivity contribution is 5.83. The fraction of sp³-hybridized carbons (Fsp3) is 0.250. The van der Waals surface area contributed by atoms with Crippen LogP contribution in [-0.4, -0.2) is 25.2 Å². The molecule has 0 heterocycles. The molecule has 0 aromatic heterocycles. The second-order valence-corrected chi connectivity index (χ2v) is 3.29. The van der Waals surface area contributed by atoms with Gasteiger partial charge in [0.05, 0.1) is 13.2 Å². The molecule has 0 spiro atoms. The van der Waals surface area contributed by atoms with Crippen LogP contribution in [0.4, 0.5) is 4.79 Å². The third-order valence-corrected chi connectivity index (χ3v) is 2.04. The maximum atomic E-state index is 11.3. The molecule has 0 fully saturated rings. The van der Waals surface area contributed by atoms with Crippen LogP contribution in [0.15, 0.2) is 30.3 Å². The Balaban J connectivity index is 2.42. The number of esters is 1. The van der Waals surface area contributed by atoms with Gasteiger partial charge in [0.25, 0.3) is 0 Å². The first-order valence-electron chi connectivity index (χ1n) is 5.12. The molecule has 94 valence electrons. The van der Waals surface area contributed by atoms with E-state index >= 15 is 0 Å². The number of methoxy groups -OCH3 is 1. The van der Waals surface area contributed by atoms with Gasteiger partial charge >= 0.3 is 12.1 Å². The Hall–Kier alpha value is -2.55.